The predicted octanol–water partition coefficient (Wildman–Crippen LogP) is 3.70. The van der Waals surface area contributed by atoms with Crippen molar-refractivity contribution >= 4 is 35.2 Å². The maximum Gasteiger partial charge on any atom is 0.433 e. The summed E-state index contributed by atoms with van der Waals surface area (Å²) in [6, 6.07) is 9.08. The summed E-state index contributed by atoms with van der Waals surface area (Å²) in [7, 11) is 0. The van der Waals surface area contributed by atoms with Crippen molar-refractivity contribution in [3.05, 3.63) is 62.4 Å². The molecule has 1 aromatic carbocycles. The van der Waals surface area contributed by atoms with Crippen LogP contribution in [-0.2, 0) is 4.79 Å². The second kappa shape index (κ2) is 6.77. The standard InChI is InChI=1S/C15H10ClN3O4/c1-9-2-3-11(7-13(9)16)18-15(20)10(8-17)6-12-4-5-14(23-12)19(21)22/h2-7H,1H3,(H,18,20)/b10-6-. The number of nitrogens with zero attached hydrogens (tertiary/aromatic N) is 2. The highest BCUT2D eigenvalue weighted by atomic mass is 35.5. The molecule has 0 atom stereocenters. The zero-order valence-electron chi connectivity index (χ0n) is 11.9. The molecule has 0 fully saturated rings. The fourth-order valence-corrected chi connectivity index (χ4v) is 1.86. The average Bonchev–Trinajstić information content (AvgIpc) is 2.97. The number of anilines is 1. The van der Waals surface area contributed by atoms with E-state index < -0.39 is 16.7 Å². The number of carbonyl (C=O) groups is 1. The highest BCUT2D eigenvalue weighted by Crippen LogP contribution is 2.21. The number of nitriles is 1. The van der Waals surface area contributed by atoms with Crippen LogP contribution in [0.3, 0.4) is 0 Å². The van der Waals surface area contributed by atoms with Gasteiger partial charge in [-0.25, -0.2) is 0 Å². The molecule has 0 aliphatic heterocycles. The molecule has 0 bridgehead atoms. The van der Waals surface area contributed by atoms with E-state index >= 15 is 0 Å². The van der Waals surface area contributed by atoms with Crippen molar-refractivity contribution in [1.82, 2.24) is 0 Å². The molecule has 1 amide bonds. The Labute approximate surface area is 135 Å². The van der Waals surface area contributed by atoms with Crippen LogP contribution in [0, 0.1) is 28.4 Å². The molecule has 0 aliphatic carbocycles. The van der Waals surface area contributed by atoms with Crippen molar-refractivity contribution in [1.29, 1.82) is 5.26 Å². The van der Waals surface area contributed by atoms with Crippen LogP contribution in [0.15, 0.2) is 40.3 Å². The van der Waals surface area contributed by atoms with Gasteiger partial charge < -0.3 is 9.73 Å². The zero-order valence-corrected chi connectivity index (χ0v) is 12.6. The number of aryl methyl sites for hydroxylation is 1. The molecule has 0 spiro atoms. The summed E-state index contributed by atoms with van der Waals surface area (Å²) >= 11 is 5.96. The Morgan fingerprint density at radius 1 is 1.43 bits per heavy atom. The highest BCUT2D eigenvalue weighted by molar-refractivity contribution is 6.31. The summed E-state index contributed by atoms with van der Waals surface area (Å²) in [4.78, 5) is 21.9. The molecule has 23 heavy (non-hydrogen) atoms. The van der Waals surface area contributed by atoms with E-state index in [1.165, 1.54) is 6.07 Å². The number of nitrogens with one attached hydrogen (secondary N) is 1. The van der Waals surface area contributed by atoms with E-state index in [0.29, 0.717) is 10.7 Å². The summed E-state index contributed by atoms with van der Waals surface area (Å²) < 4.78 is 4.88. The lowest BCUT2D eigenvalue weighted by molar-refractivity contribution is -0.402. The van der Waals surface area contributed by atoms with E-state index in [9.17, 15) is 14.9 Å². The third-order valence-electron chi connectivity index (χ3n) is 2.87. The maximum atomic E-state index is 12.1. The van der Waals surface area contributed by atoms with E-state index in [4.69, 9.17) is 21.3 Å². The Balaban J connectivity index is 2.20. The molecule has 7 nitrogen and oxygen atoms in total. The Bertz CT molecular complexity index is 849. The SMILES string of the molecule is Cc1ccc(NC(=O)/C(C#N)=C\c2ccc([N+](=O)[O-])o2)cc1Cl. The first-order valence-electron chi connectivity index (χ1n) is 6.34. The Kier molecular flexibility index (Phi) is 4.79. The van der Waals surface area contributed by atoms with Crippen LogP contribution in [0.4, 0.5) is 11.6 Å². The van der Waals surface area contributed by atoms with Gasteiger partial charge in [0.1, 0.15) is 22.3 Å². The number of nitro groups is 1. The first-order chi connectivity index (χ1) is 10.9. The van der Waals surface area contributed by atoms with Gasteiger partial charge in [0.25, 0.3) is 5.91 Å². The van der Waals surface area contributed by atoms with E-state index in [2.05, 4.69) is 5.32 Å². The van der Waals surface area contributed by atoms with Crippen molar-refractivity contribution in [2.45, 2.75) is 6.92 Å². The van der Waals surface area contributed by atoms with Gasteiger partial charge in [-0.2, -0.15) is 5.26 Å². The molecule has 1 heterocycles. The Hall–Kier alpha value is -3.11. The smallest absolute Gasteiger partial charge is 0.401 e. The van der Waals surface area contributed by atoms with Gasteiger partial charge in [-0.3, -0.25) is 14.9 Å². The lowest BCUT2D eigenvalue weighted by Gasteiger charge is -2.05. The van der Waals surface area contributed by atoms with Crippen molar-refractivity contribution in [2.24, 2.45) is 0 Å². The third-order valence-corrected chi connectivity index (χ3v) is 3.28. The second-order valence-corrected chi connectivity index (χ2v) is 4.93. The fraction of sp³-hybridized carbons (Fsp3) is 0.0667. The molecule has 8 heteroatoms. The van der Waals surface area contributed by atoms with E-state index in [1.54, 1.807) is 24.3 Å². The quantitative estimate of drug-likeness (QED) is 0.397. The molecule has 0 unspecified atom stereocenters. The van der Waals surface area contributed by atoms with Gasteiger partial charge >= 0.3 is 5.88 Å². The zero-order chi connectivity index (χ0) is 17.0. The number of hydrogen-bond donors (Lipinski definition) is 1. The summed E-state index contributed by atoms with van der Waals surface area (Å²) in [6.45, 7) is 1.82. The molecule has 0 radical (unpaired) electrons. The first kappa shape index (κ1) is 16.3. The largest absolute Gasteiger partial charge is 0.433 e. The van der Waals surface area contributed by atoms with Gasteiger partial charge in [0, 0.05) is 16.8 Å². The summed E-state index contributed by atoms with van der Waals surface area (Å²) in [6.07, 6.45) is 1.12. The minimum atomic E-state index is -0.711. The molecule has 116 valence electrons. The summed E-state index contributed by atoms with van der Waals surface area (Å²) in [5.74, 6) is -1.11. The number of hydrogen-bond acceptors (Lipinski definition) is 5. The molecular formula is C15H10ClN3O4. The predicted molar refractivity (Wildman–Crippen MR) is 83.8 cm³/mol. The van der Waals surface area contributed by atoms with Crippen molar-refractivity contribution in [3.63, 3.8) is 0 Å². The number of benzene rings is 1. The average molecular weight is 332 g/mol. The van der Waals surface area contributed by atoms with Gasteiger partial charge in [-0.1, -0.05) is 17.7 Å². The van der Waals surface area contributed by atoms with Crippen molar-refractivity contribution in [3.8, 4) is 6.07 Å². The van der Waals surface area contributed by atoms with Gasteiger partial charge in [-0.05, 0) is 30.7 Å². The monoisotopic (exact) mass is 331 g/mol. The fourth-order valence-electron chi connectivity index (χ4n) is 1.68. The molecule has 2 aromatic rings. The molecule has 1 aromatic heterocycles. The van der Waals surface area contributed by atoms with E-state index in [0.717, 1.165) is 17.7 Å². The molecule has 0 saturated heterocycles. The first-order valence-corrected chi connectivity index (χ1v) is 6.72. The van der Waals surface area contributed by atoms with Gasteiger partial charge in [0.15, 0.2) is 0 Å². The molecule has 0 saturated carbocycles. The minimum Gasteiger partial charge on any atom is -0.401 e. The van der Waals surface area contributed by atoms with Gasteiger partial charge in [-0.15, -0.1) is 0 Å². The van der Waals surface area contributed by atoms with Crippen LogP contribution in [0.1, 0.15) is 11.3 Å². The molecule has 1 N–H and O–H groups in total. The van der Waals surface area contributed by atoms with Gasteiger partial charge in [0.05, 0.1) is 6.07 Å². The summed E-state index contributed by atoms with van der Waals surface area (Å²) in [5, 5.41) is 22.6. The van der Waals surface area contributed by atoms with Crippen LogP contribution in [-0.4, -0.2) is 10.8 Å². The van der Waals surface area contributed by atoms with Crippen LogP contribution in [0.5, 0.6) is 0 Å². The number of rotatable bonds is 4. The van der Waals surface area contributed by atoms with Gasteiger partial charge in [0.2, 0.25) is 0 Å². The lowest BCUT2D eigenvalue weighted by atomic mass is 10.2. The maximum absolute atomic E-state index is 12.1. The van der Waals surface area contributed by atoms with Crippen LogP contribution < -0.4 is 5.32 Å². The minimum absolute atomic E-state index is 0.0327. The Morgan fingerprint density at radius 2 is 2.17 bits per heavy atom. The Morgan fingerprint density at radius 3 is 2.74 bits per heavy atom. The topological polar surface area (TPSA) is 109 Å². The third kappa shape index (κ3) is 3.96. The summed E-state index contributed by atoms with van der Waals surface area (Å²) in [5.41, 5.74) is 1.02. The normalized spacial score (nSPS) is 10.9. The number of carbonyl (C=O) groups excluding carboxylic acids is 1. The van der Waals surface area contributed by atoms with Crippen LogP contribution in [0.2, 0.25) is 5.02 Å². The van der Waals surface area contributed by atoms with Crippen LogP contribution >= 0.6 is 11.6 Å². The van der Waals surface area contributed by atoms with E-state index in [-0.39, 0.29) is 11.3 Å². The van der Waals surface area contributed by atoms with Crippen molar-refractivity contribution in [2.75, 3.05) is 5.32 Å². The van der Waals surface area contributed by atoms with E-state index in [1.807, 2.05) is 6.92 Å². The van der Waals surface area contributed by atoms with Crippen molar-refractivity contribution < 1.29 is 14.1 Å². The number of halogens is 1. The number of amides is 1. The second-order valence-electron chi connectivity index (χ2n) is 4.52. The molecule has 0 aliphatic rings. The number of furan rings is 1. The van der Waals surface area contributed by atoms with Crippen LogP contribution in [0.25, 0.3) is 6.08 Å². The highest BCUT2D eigenvalue weighted by Gasteiger charge is 2.14. The molecule has 2 rings (SSSR count). The lowest BCUT2D eigenvalue weighted by Crippen LogP contribution is -2.13. The molecular weight excluding hydrogens is 322 g/mol.